The number of urea groups is 1. The number of nitrogens with one attached hydrogen (secondary N) is 2. The fraction of sp³-hybridized carbons (Fsp3) is 0.917. The molecule has 2 fully saturated rings. The number of rotatable bonds is 4. The van der Waals surface area contributed by atoms with Crippen molar-refractivity contribution in [2.75, 3.05) is 13.1 Å². The van der Waals surface area contributed by atoms with Crippen LogP contribution in [0, 0.1) is 11.8 Å². The summed E-state index contributed by atoms with van der Waals surface area (Å²) in [5, 5.41) is 5.72. The van der Waals surface area contributed by atoms with Crippen molar-refractivity contribution in [3.63, 3.8) is 0 Å². The van der Waals surface area contributed by atoms with Gasteiger partial charge in [-0.3, -0.25) is 0 Å². The Kier molecular flexibility index (Phi) is 3.38. The Morgan fingerprint density at radius 2 is 2.25 bits per heavy atom. The zero-order valence-electron chi connectivity index (χ0n) is 10.1. The quantitative estimate of drug-likeness (QED) is 0.673. The van der Waals surface area contributed by atoms with Crippen LogP contribution in [0.5, 0.6) is 0 Å². The van der Waals surface area contributed by atoms with Crippen LogP contribution >= 0.6 is 0 Å². The molecular formula is C12H23N3O. The van der Waals surface area contributed by atoms with Crippen molar-refractivity contribution in [2.45, 2.75) is 44.6 Å². The zero-order chi connectivity index (χ0) is 11.6. The predicted molar refractivity (Wildman–Crippen MR) is 64.1 cm³/mol. The number of carbonyl (C=O) groups is 1. The van der Waals surface area contributed by atoms with Crippen molar-refractivity contribution >= 4 is 6.03 Å². The lowest BCUT2D eigenvalue weighted by atomic mass is 9.82. The van der Waals surface area contributed by atoms with Crippen molar-refractivity contribution < 1.29 is 4.79 Å². The van der Waals surface area contributed by atoms with Crippen LogP contribution in [-0.4, -0.2) is 24.7 Å². The van der Waals surface area contributed by atoms with Crippen LogP contribution < -0.4 is 16.4 Å². The highest BCUT2D eigenvalue weighted by Crippen LogP contribution is 2.49. The van der Waals surface area contributed by atoms with E-state index in [-0.39, 0.29) is 11.6 Å². The molecule has 3 atom stereocenters. The molecule has 4 nitrogen and oxygen atoms in total. The third-order valence-electron chi connectivity index (χ3n) is 4.14. The average Bonchev–Trinajstić information content (AvgIpc) is 2.83. The second-order valence-corrected chi connectivity index (χ2v) is 5.42. The molecule has 2 aliphatic carbocycles. The van der Waals surface area contributed by atoms with Crippen LogP contribution in [0.2, 0.25) is 0 Å². The summed E-state index contributed by atoms with van der Waals surface area (Å²) in [6.07, 6.45) is 5.91. The lowest BCUT2D eigenvalue weighted by molar-refractivity contribution is 0.225. The molecule has 0 aromatic heterocycles. The van der Waals surface area contributed by atoms with Crippen molar-refractivity contribution in [3.8, 4) is 0 Å². The lowest BCUT2D eigenvalue weighted by Crippen LogP contribution is -2.55. The van der Waals surface area contributed by atoms with E-state index >= 15 is 0 Å². The summed E-state index contributed by atoms with van der Waals surface area (Å²) in [5.74, 6) is 1.44. The molecule has 4 heteroatoms. The van der Waals surface area contributed by atoms with Gasteiger partial charge in [-0.05, 0) is 37.5 Å². The van der Waals surface area contributed by atoms with E-state index in [2.05, 4.69) is 10.6 Å². The Morgan fingerprint density at radius 1 is 1.44 bits per heavy atom. The number of fused-ring (bicyclic) bond motifs is 2. The molecule has 16 heavy (non-hydrogen) atoms. The smallest absolute Gasteiger partial charge is 0.314 e. The number of nitrogens with two attached hydrogens (primary N) is 1. The van der Waals surface area contributed by atoms with Gasteiger partial charge in [0, 0.05) is 18.6 Å². The SMILES string of the molecule is CCCNC(=O)NCC1(N)CC2CCC1C2. The molecule has 2 bridgehead atoms. The standard InChI is InChI=1S/C12H23N3O/c1-2-5-14-11(16)15-8-12(13)7-9-3-4-10(12)6-9/h9-10H,2-8,13H2,1H3,(H2,14,15,16). The molecule has 0 aliphatic heterocycles. The highest BCUT2D eigenvalue weighted by molar-refractivity contribution is 5.73. The molecule has 4 N–H and O–H groups in total. The fourth-order valence-corrected chi connectivity index (χ4v) is 3.25. The molecule has 0 heterocycles. The van der Waals surface area contributed by atoms with E-state index in [0.717, 1.165) is 25.3 Å². The van der Waals surface area contributed by atoms with Crippen molar-refractivity contribution in [2.24, 2.45) is 17.6 Å². The van der Waals surface area contributed by atoms with Crippen LogP contribution in [0.25, 0.3) is 0 Å². The predicted octanol–water partition coefficient (Wildman–Crippen LogP) is 1.21. The highest BCUT2D eigenvalue weighted by Gasteiger charge is 2.48. The zero-order valence-corrected chi connectivity index (χ0v) is 10.1. The van der Waals surface area contributed by atoms with Crippen molar-refractivity contribution in [1.29, 1.82) is 0 Å². The molecule has 3 unspecified atom stereocenters. The topological polar surface area (TPSA) is 67.2 Å². The summed E-state index contributed by atoms with van der Waals surface area (Å²) in [6, 6.07) is -0.0746. The van der Waals surface area contributed by atoms with E-state index < -0.39 is 0 Å². The van der Waals surface area contributed by atoms with Crippen LogP contribution in [-0.2, 0) is 0 Å². The van der Waals surface area contributed by atoms with Crippen LogP contribution in [0.3, 0.4) is 0 Å². The maximum atomic E-state index is 11.4. The van der Waals surface area contributed by atoms with E-state index in [4.69, 9.17) is 5.73 Å². The summed E-state index contributed by atoms with van der Waals surface area (Å²) >= 11 is 0. The first kappa shape index (κ1) is 11.7. The van der Waals surface area contributed by atoms with E-state index in [1.807, 2.05) is 6.92 Å². The Balaban J connectivity index is 1.75. The Bertz CT molecular complexity index is 269. The maximum Gasteiger partial charge on any atom is 0.314 e. The third-order valence-corrected chi connectivity index (χ3v) is 4.14. The normalized spacial score (nSPS) is 36.4. The summed E-state index contributed by atoms with van der Waals surface area (Å²) < 4.78 is 0. The van der Waals surface area contributed by atoms with Gasteiger partial charge < -0.3 is 16.4 Å². The first-order chi connectivity index (χ1) is 7.64. The monoisotopic (exact) mass is 225 g/mol. The van der Waals surface area contributed by atoms with Gasteiger partial charge in [-0.15, -0.1) is 0 Å². The largest absolute Gasteiger partial charge is 0.338 e. The van der Waals surface area contributed by atoms with Gasteiger partial charge in [0.05, 0.1) is 0 Å². The van der Waals surface area contributed by atoms with Gasteiger partial charge in [0.15, 0.2) is 0 Å². The van der Waals surface area contributed by atoms with E-state index in [1.54, 1.807) is 0 Å². The minimum atomic E-state index is -0.132. The van der Waals surface area contributed by atoms with Crippen molar-refractivity contribution in [1.82, 2.24) is 10.6 Å². The Labute approximate surface area is 97.3 Å². The molecule has 0 radical (unpaired) electrons. The second-order valence-electron chi connectivity index (χ2n) is 5.42. The van der Waals surface area contributed by atoms with Gasteiger partial charge in [0.2, 0.25) is 0 Å². The number of carbonyl (C=O) groups excluding carboxylic acids is 1. The fourth-order valence-electron chi connectivity index (χ4n) is 3.25. The van der Waals surface area contributed by atoms with Gasteiger partial charge in [-0.25, -0.2) is 4.79 Å². The van der Waals surface area contributed by atoms with Gasteiger partial charge in [0.1, 0.15) is 0 Å². The molecule has 0 spiro atoms. The minimum absolute atomic E-state index is 0.0746. The van der Waals surface area contributed by atoms with Crippen molar-refractivity contribution in [3.05, 3.63) is 0 Å². The molecule has 2 amide bonds. The third kappa shape index (κ3) is 2.32. The Hall–Kier alpha value is -0.770. The minimum Gasteiger partial charge on any atom is -0.338 e. The van der Waals surface area contributed by atoms with Crippen LogP contribution in [0.1, 0.15) is 39.0 Å². The first-order valence-electron chi connectivity index (χ1n) is 6.44. The summed E-state index contributed by atoms with van der Waals surface area (Å²) in [7, 11) is 0. The van der Waals surface area contributed by atoms with Crippen LogP contribution in [0.4, 0.5) is 4.79 Å². The number of hydrogen-bond donors (Lipinski definition) is 3. The summed E-state index contributed by atoms with van der Waals surface area (Å²) in [6.45, 7) is 3.40. The molecule has 0 aromatic rings. The Morgan fingerprint density at radius 3 is 2.81 bits per heavy atom. The maximum absolute atomic E-state index is 11.4. The molecule has 2 rings (SSSR count). The lowest BCUT2D eigenvalue weighted by Gasteiger charge is -2.33. The number of amides is 2. The van der Waals surface area contributed by atoms with Crippen LogP contribution in [0.15, 0.2) is 0 Å². The van der Waals surface area contributed by atoms with Gasteiger partial charge in [0.25, 0.3) is 0 Å². The van der Waals surface area contributed by atoms with E-state index in [1.165, 1.54) is 19.3 Å². The first-order valence-corrected chi connectivity index (χ1v) is 6.44. The molecule has 0 aromatic carbocycles. The van der Waals surface area contributed by atoms with E-state index in [9.17, 15) is 4.79 Å². The summed E-state index contributed by atoms with van der Waals surface area (Å²) in [5.41, 5.74) is 6.25. The average molecular weight is 225 g/mol. The van der Waals surface area contributed by atoms with E-state index in [0.29, 0.717) is 12.5 Å². The molecule has 92 valence electrons. The molecular weight excluding hydrogens is 202 g/mol. The second kappa shape index (κ2) is 4.62. The highest BCUT2D eigenvalue weighted by atomic mass is 16.2. The molecule has 2 saturated carbocycles. The van der Waals surface area contributed by atoms with Gasteiger partial charge in [-0.1, -0.05) is 13.3 Å². The van der Waals surface area contributed by atoms with Gasteiger partial charge >= 0.3 is 6.03 Å². The number of hydrogen-bond acceptors (Lipinski definition) is 2. The molecule has 2 aliphatic rings. The summed E-state index contributed by atoms with van der Waals surface area (Å²) in [4.78, 5) is 11.4. The van der Waals surface area contributed by atoms with Gasteiger partial charge in [-0.2, -0.15) is 0 Å². The molecule has 0 saturated heterocycles.